The van der Waals surface area contributed by atoms with Gasteiger partial charge in [-0.25, -0.2) is 13.1 Å². The van der Waals surface area contributed by atoms with E-state index in [1.165, 1.54) is 6.08 Å². The number of carbonyl (C=O) groups is 1. The Balaban J connectivity index is 2.78. The molecule has 5 nitrogen and oxygen atoms in total. The number of hydrogen-bond acceptors (Lipinski definition) is 3. The van der Waals surface area contributed by atoms with E-state index in [1.54, 1.807) is 38.1 Å². The van der Waals surface area contributed by atoms with Crippen LogP contribution in [0.15, 0.2) is 35.7 Å². The topological polar surface area (TPSA) is 83.5 Å². The zero-order valence-corrected chi connectivity index (χ0v) is 12.3. The van der Waals surface area contributed by atoms with Crippen LogP contribution in [0.4, 0.5) is 0 Å². The monoisotopic (exact) mass is 297 g/mol. The van der Waals surface area contributed by atoms with Crippen LogP contribution in [0.25, 0.3) is 6.08 Å². The predicted molar refractivity (Wildman–Crippen MR) is 78.4 cm³/mol. The summed E-state index contributed by atoms with van der Waals surface area (Å²) in [5.74, 6) is -1.13. The van der Waals surface area contributed by atoms with Crippen molar-refractivity contribution in [2.75, 3.05) is 0 Å². The van der Waals surface area contributed by atoms with Crippen LogP contribution < -0.4 is 4.72 Å². The molecule has 2 N–H and O–H groups in total. The zero-order valence-electron chi connectivity index (χ0n) is 11.5. The summed E-state index contributed by atoms with van der Waals surface area (Å²) in [4.78, 5) is 10.7. The van der Waals surface area contributed by atoms with Crippen molar-refractivity contribution in [3.63, 3.8) is 0 Å². The maximum atomic E-state index is 11.9. The summed E-state index contributed by atoms with van der Waals surface area (Å²) < 4.78 is 26.2. The van der Waals surface area contributed by atoms with E-state index in [4.69, 9.17) is 5.11 Å². The summed E-state index contributed by atoms with van der Waals surface area (Å²) in [5.41, 5.74) is 0.761. The van der Waals surface area contributed by atoms with E-state index < -0.39 is 22.0 Å². The largest absolute Gasteiger partial charge is 0.481 e. The molecule has 0 aromatic heterocycles. The lowest BCUT2D eigenvalue weighted by molar-refractivity contribution is -0.137. The third-order valence-electron chi connectivity index (χ3n) is 2.75. The van der Waals surface area contributed by atoms with Gasteiger partial charge >= 0.3 is 5.97 Å². The molecule has 1 rings (SSSR count). The molecule has 20 heavy (non-hydrogen) atoms. The molecule has 1 aromatic rings. The third-order valence-corrected chi connectivity index (χ3v) is 3.88. The van der Waals surface area contributed by atoms with Crippen LogP contribution in [-0.2, 0) is 14.8 Å². The molecule has 0 aliphatic carbocycles. The fraction of sp³-hybridized carbons (Fsp3) is 0.357. The molecule has 0 amide bonds. The molecule has 0 fully saturated rings. The lowest BCUT2D eigenvalue weighted by atomic mass is 10.0. The van der Waals surface area contributed by atoms with Crippen molar-refractivity contribution in [3.8, 4) is 0 Å². The van der Waals surface area contributed by atoms with E-state index in [9.17, 15) is 13.2 Å². The number of hydrogen-bond donors (Lipinski definition) is 2. The quantitative estimate of drug-likeness (QED) is 0.807. The van der Waals surface area contributed by atoms with E-state index in [0.717, 1.165) is 11.0 Å². The summed E-state index contributed by atoms with van der Waals surface area (Å²) >= 11 is 0. The average Bonchev–Trinajstić information content (AvgIpc) is 2.36. The van der Waals surface area contributed by atoms with Crippen LogP contribution in [0.1, 0.15) is 25.8 Å². The number of carboxylic acids is 1. The van der Waals surface area contributed by atoms with E-state index in [-0.39, 0.29) is 12.3 Å². The van der Waals surface area contributed by atoms with Gasteiger partial charge in [-0.05, 0) is 17.6 Å². The standard InChI is InChI=1S/C14H19NO4S/c1-11(2)13(10-14(16)17)15-20(18,19)9-8-12-6-4-3-5-7-12/h3-9,11,13,15H,10H2,1-2H3,(H,16,17)/b9-8+. The van der Waals surface area contributed by atoms with Gasteiger partial charge in [-0.1, -0.05) is 44.2 Å². The van der Waals surface area contributed by atoms with E-state index in [2.05, 4.69) is 4.72 Å². The maximum Gasteiger partial charge on any atom is 0.304 e. The van der Waals surface area contributed by atoms with Gasteiger partial charge in [-0.2, -0.15) is 0 Å². The first kappa shape index (κ1) is 16.4. The van der Waals surface area contributed by atoms with Gasteiger partial charge in [0.15, 0.2) is 0 Å². The summed E-state index contributed by atoms with van der Waals surface area (Å²) in [6, 6.07) is 8.39. The average molecular weight is 297 g/mol. The summed E-state index contributed by atoms with van der Waals surface area (Å²) in [6.07, 6.45) is 1.23. The smallest absolute Gasteiger partial charge is 0.304 e. The van der Waals surface area contributed by atoms with Crippen molar-refractivity contribution in [2.45, 2.75) is 26.3 Å². The molecule has 0 bridgehead atoms. The molecule has 1 atom stereocenters. The van der Waals surface area contributed by atoms with Crippen LogP contribution in [0.3, 0.4) is 0 Å². The molecular weight excluding hydrogens is 278 g/mol. The Morgan fingerprint density at radius 1 is 1.30 bits per heavy atom. The summed E-state index contributed by atoms with van der Waals surface area (Å²) in [6.45, 7) is 3.55. The molecule has 0 heterocycles. The van der Waals surface area contributed by atoms with E-state index in [1.807, 2.05) is 6.07 Å². The second-order valence-corrected chi connectivity index (χ2v) is 6.42. The highest BCUT2D eigenvalue weighted by atomic mass is 32.2. The Morgan fingerprint density at radius 2 is 1.90 bits per heavy atom. The molecule has 1 unspecified atom stereocenters. The Bertz CT molecular complexity index is 564. The SMILES string of the molecule is CC(C)C(CC(=O)O)NS(=O)(=O)/C=C/c1ccccc1. The van der Waals surface area contributed by atoms with Gasteiger partial charge < -0.3 is 5.11 Å². The first-order chi connectivity index (χ1) is 9.30. The van der Waals surface area contributed by atoms with Crippen molar-refractivity contribution < 1.29 is 18.3 Å². The van der Waals surface area contributed by atoms with E-state index >= 15 is 0 Å². The second-order valence-electron chi connectivity index (χ2n) is 4.82. The maximum absolute atomic E-state index is 11.9. The first-order valence-electron chi connectivity index (χ1n) is 6.27. The third kappa shape index (κ3) is 5.99. The van der Waals surface area contributed by atoms with Gasteiger partial charge in [-0.15, -0.1) is 0 Å². The van der Waals surface area contributed by atoms with E-state index in [0.29, 0.717) is 0 Å². The fourth-order valence-corrected chi connectivity index (χ4v) is 2.78. The Morgan fingerprint density at radius 3 is 2.40 bits per heavy atom. The van der Waals surface area contributed by atoms with Crippen LogP contribution >= 0.6 is 0 Å². The number of aliphatic carboxylic acids is 1. The number of sulfonamides is 1. The molecular formula is C14H19NO4S. The van der Waals surface area contributed by atoms with Crippen molar-refractivity contribution in [2.24, 2.45) is 5.92 Å². The lowest BCUT2D eigenvalue weighted by Crippen LogP contribution is -2.39. The highest BCUT2D eigenvalue weighted by Crippen LogP contribution is 2.09. The first-order valence-corrected chi connectivity index (χ1v) is 7.82. The molecule has 110 valence electrons. The highest BCUT2D eigenvalue weighted by molar-refractivity contribution is 7.92. The predicted octanol–water partition coefficient (Wildman–Crippen LogP) is 2.08. The number of nitrogens with one attached hydrogen (secondary N) is 1. The summed E-state index contributed by atoms with van der Waals surface area (Å²) in [5, 5.41) is 9.84. The van der Waals surface area contributed by atoms with Crippen molar-refractivity contribution >= 4 is 22.1 Å². The minimum atomic E-state index is -3.66. The Kier molecular flexibility index (Phi) is 5.91. The normalized spacial score (nSPS) is 13.8. The molecule has 0 saturated carbocycles. The molecule has 0 spiro atoms. The van der Waals surface area contributed by atoms with Crippen LogP contribution in [0, 0.1) is 5.92 Å². The van der Waals surface area contributed by atoms with Crippen molar-refractivity contribution in [1.29, 1.82) is 0 Å². The van der Waals surface area contributed by atoms with Gasteiger partial charge in [-0.3, -0.25) is 4.79 Å². The minimum Gasteiger partial charge on any atom is -0.481 e. The zero-order chi connectivity index (χ0) is 15.2. The second kappa shape index (κ2) is 7.21. The number of benzene rings is 1. The Labute approximate surface area is 119 Å². The minimum absolute atomic E-state index is 0.106. The van der Waals surface area contributed by atoms with Crippen molar-refractivity contribution in [1.82, 2.24) is 4.72 Å². The molecule has 1 aromatic carbocycles. The van der Waals surface area contributed by atoms with Gasteiger partial charge in [0.1, 0.15) is 0 Å². The Hall–Kier alpha value is -1.66. The fourth-order valence-electron chi connectivity index (χ4n) is 1.58. The van der Waals surface area contributed by atoms with Crippen molar-refractivity contribution in [3.05, 3.63) is 41.3 Å². The molecule has 0 aliphatic rings. The van der Waals surface area contributed by atoms with Gasteiger partial charge in [0.05, 0.1) is 6.42 Å². The molecule has 0 aliphatic heterocycles. The van der Waals surface area contributed by atoms with Crippen LogP contribution in [0.2, 0.25) is 0 Å². The van der Waals surface area contributed by atoms with Gasteiger partial charge in [0.2, 0.25) is 10.0 Å². The lowest BCUT2D eigenvalue weighted by Gasteiger charge is -2.19. The van der Waals surface area contributed by atoms with Gasteiger partial charge in [0.25, 0.3) is 0 Å². The number of rotatable bonds is 7. The number of carboxylic acid groups (broad SMARTS) is 1. The van der Waals surface area contributed by atoms with Gasteiger partial charge in [0, 0.05) is 11.4 Å². The molecule has 0 radical (unpaired) electrons. The molecule has 0 saturated heterocycles. The highest BCUT2D eigenvalue weighted by Gasteiger charge is 2.21. The van der Waals surface area contributed by atoms with Crippen LogP contribution in [0.5, 0.6) is 0 Å². The van der Waals surface area contributed by atoms with Crippen LogP contribution in [-0.4, -0.2) is 25.5 Å². The summed E-state index contributed by atoms with van der Waals surface area (Å²) in [7, 11) is -3.66. The molecule has 6 heteroatoms.